The van der Waals surface area contributed by atoms with Gasteiger partial charge in [0.1, 0.15) is 0 Å². The number of carbonyl (C=O) groups excluding carboxylic acids is 2. The van der Waals surface area contributed by atoms with Crippen LogP contribution in [0.25, 0.3) is 0 Å². The standard InChI is InChI=1S/C22H24ClN3O2/c1-14-7-8-19-16(11-14)17-12-26(2,13-21(24)27)10-9-20(17)25(19)22(28)15-5-3-4-6-18(15)23/h3-8,11,17,20H,9-10,12-13H2,1-2H3,(H-,24,27)/p+1/t17-,20+,26?/m1/s1. The molecule has 5 nitrogen and oxygen atoms in total. The van der Waals surface area contributed by atoms with E-state index in [9.17, 15) is 9.59 Å². The first-order valence-electron chi connectivity index (χ1n) is 9.59. The first kappa shape index (κ1) is 19.0. The van der Waals surface area contributed by atoms with Crippen molar-refractivity contribution in [3.63, 3.8) is 0 Å². The molecule has 146 valence electrons. The molecule has 1 unspecified atom stereocenters. The Morgan fingerprint density at radius 2 is 2.00 bits per heavy atom. The van der Waals surface area contributed by atoms with Gasteiger partial charge in [-0.1, -0.05) is 41.4 Å². The summed E-state index contributed by atoms with van der Waals surface area (Å²) in [4.78, 5) is 27.0. The highest BCUT2D eigenvalue weighted by atomic mass is 35.5. The third-order valence-corrected chi connectivity index (χ3v) is 6.43. The molecule has 0 aromatic heterocycles. The molecule has 1 fully saturated rings. The second-order valence-corrected chi connectivity index (χ2v) is 8.74. The average molecular weight is 399 g/mol. The van der Waals surface area contributed by atoms with E-state index in [1.54, 1.807) is 12.1 Å². The van der Waals surface area contributed by atoms with Crippen LogP contribution in [-0.2, 0) is 4.79 Å². The Morgan fingerprint density at radius 3 is 2.71 bits per heavy atom. The fourth-order valence-electron chi connectivity index (χ4n) is 4.86. The van der Waals surface area contributed by atoms with Gasteiger partial charge in [0, 0.05) is 12.1 Å². The molecule has 6 heteroatoms. The Balaban J connectivity index is 1.75. The predicted octanol–water partition coefficient (Wildman–Crippen LogP) is 3.10. The van der Waals surface area contributed by atoms with E-state index in [1.165, 1.54) is 11.1 Å². The molecule has 0 spiro atoms. The maximum atomic E-state index is 13.5. The first-order chi connectivity index (χ1) is 13.3. The number of benzene rings is 2. The number of nitrogens with zero attached hydrogens (tertiary/aromatic N) is 2. The molecule has 2 aliphatic heterocycles. The minimum absolute atomic E-state index is 0.0609. The number of likely N-dealkylation sites (N-methyl/N-ethyl adjacent to an activating group) is 1. The normalized spacial score (nSPS) is 25.9. The molecule has 2 aromatic carbocycles. The molecule has 0 radical (unpaired) electrons. The van der Waals surface area contributed by atoms with Crippen molar-refractivity contribution in [3.8, 4) is 0 Å². The van der Waals surface area contributed by atoms with Crippen LogP contribution in [0, 0.1) is 6.92 Å². The van der Waals surface area contributed by atoms with Crippen LogP contribution < -0.4 is 10.6 Å². The van der Waals surface area contributed by atoms with Crippen molar-refractivity contribution < 1.29 is 14.1 Å². The average Bonchev–Trinajstić information content (AvgIpc) is 2.93. The topological polar surface area (TPSA) is 63.4 Å². The fourth-order valence-corrected chi connectivity index (χ4v) is 5.08. The van der Waals surface area contributed by atoms with Gasteiger partial charge in [0.05, 0.1) is 42.7 Å². The number of anilines is 1. The molecule has 0 aliphatic carbocycles. The number of hydrogen-bond donors (Lipinski definition) is 1. The maximum absolute atomic E-state index is 13.5. The van der Waals surface area contributed by atoms with Crippen molar-refractivity contribution in [2.45, 2.75) is 25.3 Å². The molecule has 2 aliphatic rings. The Kier molecular flexibility index (Phi) is 4.68. The Labute approximate surface area is 170 Å². The second kappa shape index (κ2) is 6.90. The van der Waals surface area contributed by atoms with Crippen LogP contribution in [0.1, 0.15) is 33.8 Å². The summed E-state index contributed by atoms with van der Waals surface area (Å²) >= 11 is 6.33. The maximum Gasteiger partial charge on any atom is 0.272 e. The van der Waals surface area contributed by atoms with E-state index in [-0.39, 0.29) is 23.8 Å². The van der Waals surface area contributed by atoms with Crippen LogP contribution in [0.5, 0.6) is 0 Å². The summed E-state index contributed by atoms with van der Waals surface area (Å²) in [7, 11) is 2.08. The van der Waals surface area contributed by atoms with Gasteiger partial charge in [-0.3, -0.25) is 9.59 Å². The molecule has 1 saturated heterocycles. The van der Waals surface area contributed by atoms with Gasteiger partial charge in [-0.2, -0.15) is 0 Å². The molecule has 0 saturated carbocycles. The molecule has 0 bridgehead atoms. The highest BCUT2D eigenvalue weighted by Crippen LogP contribution is 2.47. The summed E-state index contributed by atoms with van der Waals surface area (Å²) in [5.41, 5.74) is 9.33. The lowest BCUT2D eigenvalue weighted by molar-refractivity contribution is -0.907. The summed E-state index contributed by atoms with van der Waals surface area (Å²) in [6, 6.07) is 13.5. The highest BCUT2D eigenvalue weighted by Gasteiger charge is 2.49. The van der Waals surface area contributed by atoms with Crippen LogP contribution in [0.15, 0.2) is 42.5 Å². The number of quaternary nitrogens is 1. The number of piperidine rings is 1. The largest absolute Gasteiger partial charge is 0.365 e. The van der Waals surface area contributed by atoms with E-state index in [2.05, 4.69) is 20.0 Å². The summed E-state index contributed by atoms with van der Waals surface area (Å²) < 4.78 is 0.609. The van der Waals surface area contributed by atoms with Gasteiger partial charge >= 0.3 is 0 Å². The zero-order valence-corrected chi connectivity index (χ0v) is 16.9. The number of primary amides is 1. The Bertz CT molecular complexity index is 961. The van der Waals surface area contributed by atoms with Gasteiger partial charge in [0.15, 0.2) is 6.54 Å². The Morgan fingerprint density at radius 1 is 1.25 bits per heavy atom. The predicted molar refractivity (Wildman–Crippen MR) is 111 cm³/mol. The second-order valence-electron chi connectivity index (χ2n) is 8.33. The van der Waals surface area contributed by atoms with Crippen molar-refractivity contribution in [2.24, 2.45) is 5.73 Å². The van der Waals surface area contributed by atoms with E-state index < -0.39 is 0 Å². The number of amides is 2. The first-order valence-corrected chi connectivity index (χ1v) is 9.97. The third-order valence-electron chi connectivity index (χ3n) is 6.10. The lowest BCUT2D eigenvalue weighted by atomic mass is 9.87. The molecule has 3 atom stereocenters. The van der Waals surface area contributed by atoms with Gasteiger partial charge in [0.2, 0.25) is 0 Å². The molecule has 2 N–H and O–H groups in total. The van der Waals surface area contributed by atoms with E-state index in [0.717, 1.165) is 25.2 Å². The van der Waals surface area contributed by atoms with E-state index in [4.69, 9.17) is 17.3 Å². The quantitative estimate of drug-likeness (QED) is 0.807. The van der Waals surface area contributed by atoms with Crippen LogP contribution in [0.3, 0.4) is 0 Å². The van der Waals surface area contributed by atoms with E-state index in [1.807, 2.05) is 29.2 Å². The minimum Gasteiger partial charge on any atom is -0.365 e. The minimum atomic E-state index is -0.285. The van der Waals surface area contributed by atoms with Crippen molar-refractivity contribution in [1.29, 1.82) is 0 Å². The summed E-state index contributed by atoms with van der Waals surface area (Å²) in [6.07, 6.45) is 0.818. The number of rotatable bonds is 3. The monoisotopic (exact) mass is 398 g/mol. The number of fused-ring (bicyclic) bond motifs is 3. The fraction of sp³-hybridized carbons (Fsp3) is 0.364. The van der Waals surface area contributed by atoms with Crippen molar-refractivity contribution >= 4 is 29.1 Å². The van der Waals surface area contributed by atoms with Gasteiger partial charge < -0.3 is 15.1 Å². The van der Waals surface area contributed by atoms with Crippen molar-refractivity contribution in [2.75, 3.05) is 31.6 Å². The number of hydrogen-bond acceptors (Lipinski definition) is 2. The molecular weight excluding hydrogens is 374 g/mol. The Hall–Kier alpha value is -2.37. The summed E-state index contributed by atoms with van der Waals surface area (Å²) in [6.45, 7) is 3.98. The molecule has 4 rings (SSSR count). The SMILES string of the molecule is Cc1ccc2c(c1)[C@H]1C[N+](C)(CC(N)=O)CC[C@@H]1N2C(=O)c1ccccc1Cl. The van der Waals surface area contributed by atoms with E-state index in [0.29, 0.717) is 21.6 Å². The number of carbonyl (C=O) groups is 2. The zero-order chi connectivity index (χ0) is 20.1. The lowest BCUT2D eigenvalue weighted by Gasteiger charge is -2.43. The highest BCUT2D eigenvalue weighted by molar-refractivity contribution is 6.34. The summed E-state index contributed by atoms with van der Waals surface area (Å²) in [5.74, 6) is -0.166. The van der Waals surface area contributed by atoms with E-state index >= 15 is 0 Å². The third kappa shape index (κ3) is 3.19. The van der Waals surface area contributed by atoms with Crippen LogP contribution in [-0.4, -0.2) is 49.0 Å². The number of nitrogens with two attached hydrogens (primary N) is 1. The number of halogens is 1. The van der Waals surface area contributed by atoms with Crippen LogP contribution in [0.2, 0.25) is 5.02 Å². The molecule has 2 amide bonds. The smallest absolute Gasteiger partial charge is 0.272 e. The van der Waals surface area contributed by atoms with Crippen LogP contribution in [0.4, 0.5) is 5.69 Å². The molecular formula is C22H25ClN3O2+. The lowest BCUT2D eigenvalue weighted by Crippen LogP contribution is -2.59. The van der Waals surface area contributed by atoms with Gasteiger partial charge in [-0.05, 0) is 30.7 Å². The van der Waals surface area contributed by atoms with Crippen LogP contribution >= 0.6 is 11.6 Å². The van der Waals surface area contributed by atoms with Gasteiger partial charge in [0.25, 0.3) is 11.8 Å². The van der Waals surface area contributed by atoms with Gasteiger partial charge in [-0.15, -0.1) is 0 Å². The number of aryl methyl sites for hydroxylation is 1. The molecule has 2 aromatic rings. The molecule has 2 heterocycles. The van der Waals surface area contributed by atoms with Crippen molar-refractivity contribution in [3.05, 3.63) is 64.2 Å². The molecule has 28 heavy (non-hydrogen) atoms. The number of likely N-dealkylation sites (tertiary alicyclic amines) is 1. The van der Waals surface area contributed by atoms with Crippen molar-refractivity contribution in [1.82, 2.24) is 0 Å². The summed E-state index contributed by atoms with van der Waals surface area (Å²) in [5, 5.41) is 0.467. The van der Waals surface area contributed by atoms with Gasteiger partial charge in [-0.25, -0.2) is 0 Å². The zero-order valence-electron chi connectivity index (χ0n) is 16.2.